The van der Waals surface area contributed by atoms with Crippen molar-refractivity contribution in [1.82, 2.24) is 9.97 Å². The van der Waals surface area contributed by atoms with Crippen LogP contribution in [0.5, 0.6) is 0 Å². The van der Waals surface area contributed by atoms with Gasteiger partial charge in [-0.25, -0.2) is 4.98 Å². The van der Waals surface area contributed by atoms with Crippen molar-refractivity contribution in [2.75, 3.05) is 5.32 Å². The van der Waals surface area contributed by atoms with Gasteiger partial charge in [-0.15, -0.1) is 24.0 Å². The topological polar surface area (TPSA) is 54.9 Å². The van der Waals surface area contributed by atoms with Crippen molar-refractivity contribution in [1.29, 1.82) is 0 Å². The maximum absolute atomic E-state index is 12.0. The lowest BCUT2D eigenvalue weighted by molar-refractivity contribution is 0.102. The van der Waals surface area contributed by atoms with Crippen LogP contribution in [-0.4, -0.2) is 15.9 Å². The maximum atomic E-state index is 12.0. The van der Waals surface area contributed by atoms with Crippen LogP contribution in [0, 0.1) is 0 Å². The smallest absolute Gasteiger partial charge is 0.284 e. The van der Waals surface area contributed by atoms with Crippen molar-refractivity contribution in [2.45, 2.75) is 25.7 Å². The Morgan fingerprint density at radius 3 is 2.81 bits per heavy atom. The predicted octanol–water partition coefficient (Wildman–Crippen LogP) is 3.90. The highest BCUT2D eigenvalue weighted by molar-refractivity contribution is 7.84. The van der Waals surface area contributed by atoms with E-state index in [9.17, 15) is 4.79 Å². The Labute approximate surface area is 133 Å². The van der Waals surface area contributed by atoms with Gasteiger partial charge in [0.2, 0.25) is 0 Å². The van der Waals surface area contributed by atoms with Gasteiger partial charge in [0.15, 0.2) is 5.01 Å². The molecule has 0 saturated carbocycles. The van der Waals surface area contributed by atoms with E-state index in [1.807, 2.05) is 6.07 Å². The fourth-order valence-corrected chi connectivity index (χ4v) is 2.92. The molecule has 1 N–H and O–H groups in total. The summed E-state index contributed by atoms with van der Waals surface area (Å²) in [6.45, 7) is 7.98. The predicted molar refractivity (Wildman–Crippen MR) is 90.1 cm³/mol. The molecule has 0 unspecified atom stereocenters. The number of hydrogen-bond donors (Lipinski definition) is 2. The molecule has 2 aromatic heterocycles. The average molecular weight is 319 g/mol. The van der Waals surface area contributed by atoms with E-state index < -0.39 is 0 Å². The van der Waals surface area contributed by atoms with E-state index in [4.69, 9.17) is 0 Å². The van der Waals surface area contributed by atoms with Gasteiger partial charge in [0.1, 0.15) is 0 Å². The number of pyridine rings is 1. The Bertz CT molecular complexity index is 651. The molecule has 0 aliphatic carbocycles. The van der Waals surface area contributed by atoms with E-state index in [1.165, 1.54) is 11.3 Å². The first-order valence-electron chi connectivity index (χ1n) is 6.42. The summed E-state index contributed by atoms with van der Waals surface area (Å²) in [6, 6.07) is 3.64. The van der Waals surface area contributed by atoms with Crippen LogP contribution in [-0.2, 0) is 5.41 Å². The van der Waals surface area contributed by atoms with Gasteiger partial charge in [-0.05, 0) is 23.5 Å². The van der Waals surface area contributed by atoms with Crippen LogP contribution in [0.25, 0.3) is 0 Å². The normalized spacial score (nSPS) is 11.2. The second kappa shape index (κ2) is 6.41. The molecule has 0 saturated heterocycles. The van der Waals surface area contributed by atoms with E-state index >= 15 is 0 Å². The first kappa shape index (κ1) is 15.7. The quantitative estimate of drug-likeness (QED) is 0.822. The molecular formula is C15H17N3OS2. The second-order valence-corrected chi connectivity index (χ2v) is 6.88. The summed E-state index contributed by atoms with van der Waals surface area (Å²) in [7, 11) is 0. The zero-order valence-corrected chi connectivity index (χ0v) is 13.7. The minimum atomic E-state index is -0.210. The highest BCUT2D eigenvalue weighted by Crippen LogP contribution is 2.30. The fraction of sp³-hybridized carbons (Fsp3) is 0.267. The van der Waals surface area contributed by atoms with Crippen LogP contribution in [0.4, 0.5) is 5.69 Å². The van der Waals surface area contributed by atoms with Gasteiger partial charge in [-0.1, -0.05) is 20.4 Å². The summed E-state index contributed by atoms with van der Waals surface area (Å²) in [6.07, 6.45) is 4.02. The maximum Gasteiger partial charge on any atom is 0.284 e. The Balaban J connectivity index is 2.18. The number of amides is 1. The molecule has 2 heterocycles. The van der Waals surface area contributed by atoms with Crippen LogP contribution in [0.3, 0.4) is 0 Å². The molecule has 0 aliphatic heterocycles. The van der Waals surface area contributed by atoms with E-state index in [-0.39, 0.29) is 11.3 Å². The number of carbonyl (C=O) groups is 1. The molecule has 110 valence electrons. The lowest BCUT2D eigenvalue weighted by Gasteiger charge is -2.24. The molecule has 1 amide bonds. The number of anilines is 1. The van der Waals surface area contributed by atoms with Crippen molar-refractivity contribution in [2.24, 2.45) is 0 Å². The van der Waals surface area contributed by atoms with Crippen LogP contribution in [0.15, 0.2) is 41.4 Å². The summed E-state index contributed by atoms with van der Waals surface area (Å²) in [5.74, 6) is -0.210. The van der Waals surface area contributed by atoms with Gasteiger partial charge >= 0.3 is 0 Å². The van der Waals surface area contributed by atoms with Crippen LogP contribution < -0.4 is 5.32 Å². The van der Waals surface area contributed by atoms with E-state index in [1.54, 1.807) is 23.8 Å². The number of thiol groups is 1. The summed E-state index contributed by atoms with van der Waals surface area (Å²) in [4.78, 5) is 21.2. The van der Waals surface area contributed by atoms with Crippen molar-refractivity contribution >= 4 is 35.6 Å². The molecule has 0 fully saturated rings. The molecule has 0 radical (unpaired) electrons. The molecule has 4 nitrogen and oxygen atoms in total. The number of nitrogens with one attached hydrogen (secondary N) is 1. The molecule has 6 heteroatoms. The minimum Gasteiger partial charge on any atom is -0.320 e. The first-order chi connectivity index (χ1) is 9.88. The van der Waals surface area contributed by atoms with Gasteiger partial charge in [-0.3, -0.25) is 9.78 Å². The van der Waals surface area contributed by atoms with Gasteiger partial charge in [0.05, 0.1) is 0 Å². The Hall–Kier alpha value is -1.66. The summed E-state index contributed by atoms with van der Waals surface area (Å²) >= 11 is 5.57. The SMILES string of the molecule is C=C(S)CC(C)(C)c1cc(NC(=O)c2nccs2)ccn1. The van der Waals surface area contributed by atoms with Gasteiger partial charge in [0, 0.05) is 34.6 Å². The Kier molecular flexibility index (Phi) is 4.80. The van der Waals surface area contributed by atoms with Crippen molar-refractivity contribution < 1.29 is 4.79 Å². The van der Waals surface area contributed by atoms with Crippen molar-refractivity contribution in [3.63, 3.8) is 0 Å². The standard InChI is InChI=1S/C15H17N3OS2/c1-10(20)9-15(2,3)12-8-11(4-5-16-12)18-13(19)14-17-6-7-21-14/h4-8,20H,1,9H2,2-3H3,(H,16,18,19). The minimum absolute atomic E-state index is 0.194. The van der Waals surface area contributed by atoms with Crippen LogP contribution in [0.1, 0.15) is 35.8 Å². The highest BCUT2D eigenvalue weighted by atomic mass is 32.1. The van der Waals surface area contributed by atoms with Gasteiger partial charge < -0.3 is 5.32 Å². The third kappa shape index (κ3) is 4.15. The number of thiazole rings is 1. The number of rotatable bonds is 5. The molecule has 2 rings (SSSR count). The van der Waals surface area contributed by atoms with Crippen molar-refractivity contribution in [3.8, 4) is 0 Å². The van der Waals surface area contributed by atoms with E-state index in [2.05, 4.69) is 48.3 Å². The molecule has 0 aliphatic rings. The number of allylic oxidation sites excluding steroid dienone is 1. The molecule has 0 bridgehead atoms. The Morgan fingerprint density at radius 1 is 1.43 bits per heavy atom. The average Bonchev–Trinajstić information content (AvgIpc) is 2.91. The van der Waals surface area contributed by atoms with Crippen LogP contribution in [0.2, 0.25) is 0 Å². The summed E-state index contributed by atoms with van der Waals surface area (Å²) < 4.78 is 0. The fourth-order valence-electron chi connectivity index (χ4n) is 2.00. The number of hydrogen-bond acceptors (Lipinski definition) is 5. The third-order valence-corrected chi connectivity index (χ3v) is 3.91. The molecule has 0 aromatic carbocycles. The highest BCUT2D eigenvalue weighted by Gasteiger charge is 2.23. The van der Waals surface area contributed by atoms with E-state index in [0.29, 0.717) is 17.1 Å². The zero-order valence-electron chi connectivity index (χ0n) is 12.0. The monoisotopic (exact) mass is 319 g/mol. The Morgan fingerprint density at radius 2 is 2.19 bits per heavy atom. The number of carbonyl (C=O) groups excluding carboxylic acids is 1. The van der Waals surface area contributed by atoms with Crippen LogP contribution >= 0.6 is 24.0 Å². The molecular weight excluding hydrogens is 302 g/mol. The molecule has 21 heavy (non-hydrogen) atoms. The van der Waals surface area contributed by atoms with Crippen molar-refractivity contribution in [3.05, 3.63) is 52.1 Å². The number of nitrogens with zero attached hydrogens (tertiary/aromatic N) is 2. The largest absolute Gasteiger partial charge is 0.320 e. The lowest BCUT2D eigenvalue weighted by Crippen LogP contribution is -2.19. The summed E-state index contributed by atoms with van der Waals surface area (Å²) in [5.41, 5.74) is 1.40. The molecule has 0 atom stereocenters. The van der Waals surface area contributed by atoms with E-state index in [0.717, 1.165) is 10.6 Å². The first-order valence-corrected chi connectivity index (χ1v) is 7.75. The van der Waals surface area contributed by atoms with Gasteiger partial charge in [0.25, 0.3) is 5.91 Å². The zero-order chi connectivity index (χ0) is 15.5. The number of aromatic nitrogens is 2. The second-order valence-electron chi connectivity index (χ2n) is 5.35. The lowest BCUT2D eigenvalue weighted by atomic mass is 9.85. The molecule has 2 aromatic rings. The van der Waals surface area contributed by atoms with Gasteiger partial charge in [-0.2, -0.15) is 0 Å². The molecule has 0 spiro atoms. The summed E-state index contributed by atoms with van der Waals surface area (Å²) in [5, 5.41) is 5.05. The third-order valence-electron chi connectivity index (χ3n) is 2.98.